The van der Waals surface area contributed by atoms with Crippen molar-refractivity contribution in [3.8, 4) is 11.1 Å². The van der Waals surface area contributed by atoms with Gasteiger partial charge in [0, 0.05) is 81.0 Å². The molecule has 2 aromatic carbocycles. The molecule has 2 unspecified atom stereocenters. The van der Waals surface area contributed by atoms with Gasteiger partial charge in [0.15, 0.2) is 0 Å². The lowest BCUT2D eigenvalue weighted by Crippen LogP contribution is -2.40. The number of rotatable bonds is 17. The molecule has 2 heterocycles. The number of likely N-dealkylation sites (N-methyl/N-ethyl adjacent to an activating group) is 1. The molecule has 5 fully saturated rings. The fourth-order valence-corrected chi connectivity index (χ4v) is 10.9. The van der Waals surface area contributed by atoms with E-state index in [-0.39, 0.29) is 18.0 Å². The van der Waals surface area contributed by atoms with Gasteiger partial charge in [-0.05, 0) is 155 Å². The van der Waals surface area contributed by atoms with Crippen LogP contribution < -0.4 is 26.6 Å². The van der Waals surface area contributed by atoms with E-state index in [1.54, 1.807) is 0 Å². The molecule has 1 aliphatic heterocycles. The Morgan fingerprint density at radius 3 is 2.31 bits per heavy atom. The zero-order valence-electron chi connectivity index (χ0n) is 33.5. The first-order chi connectivity index (χ1) is 26.2. The number of pyridine rings is 1. The lowest BCUT2D eigenvalue weighted by molar-refractivity contribution is 0.0846. The topological polar surface area (TPSA) is 102 Å². The van der Waals surface area contributed by atoms with Gasteiger partial charge in [-0.1, -0.05) is 31.2 Å². The molecule has 3 aromatic rings. The SMILES string of the molecule is CCN(CCNNCCC12CC3CC(CC1C3)C2)Cc1ccc(-c2cc(C(=O)NCc3c(C)cc(C)[nH]c3=O)c(C)c(N(CC)C3CCOCC3)c2)cc1. The summed E-state index contributed by atoms with van der Waals surface area (Å²) in [5, 5.41) is 3.08. The van der Waals surface area contributed by atoms with E-state index in [0.717, 1.165) is 117 Å². The van der Waals surface area contributed by atoms with Gasteiger partial charge >= 0.3 is 0 Å². The molecule has 0 radical (unpaired) electrons. The minimum absolute atomic E-state index is 0.155. The summed E-state index contributed by atoms with van der Waals surface area (Å²) < 4.78 is 5.70. The van der Waals surface area contributed by atoms with Crippen LogP contribution in [0.1, 0.15) is 104 Å². The Bertz CT molecular complexity index is 1800. The van der Waals surface area contributed by atoms with Crippen LogP contribution in [0.25, 0.3) is 11.1 Å². The largest absolute Gasteiger partial charge is 0.381 e. The van der Waals surface area contributed by atoms with Crippen LogP contribution in [0.2, 0.25) is 0 Å². The van der Waals surface area contributed by atoms with Crippen LogP contribution in [0, 0.1) is 43.9 Å². The van der Waals surface area contributed by atoms with E-state index in [1.807, 2.05) is 26.0 Å². The molecule has 9 nitrogen and oxygen atoms in total. The molecule has 1 saturated heterocycles. The van der Waals surface area contributed by atoms with Crippen LogP contribution in [0.5, 0.6) is 0 Å². The van der Waals surface area contributed by atoms with Crippen molar-refractivity contribution in [2.45, 2.75) is 105 Å². The van der Waals surface area contributed by atoms with Gasteiger partial charge in [0.05, 0.1) is 0 Å². The highest BCUT2D eigenvalue weighted by Gasteiger charge is 2.56. The Labute approximate surface area is 323 Å². The van der Waals surface area contributed by atoms with E-state index >= 15 is 0 Å². The van der Waals surface area contributed by atoms with Crippen molar-refractivity contribution in [2.75, 3.05) is 50.8 Å². The molecular formula is C45H64N6O3. The average Bonchev–Trinajstić information content (AvgIpc) is 3.55. The molecule has 1 aromatic heterocycles. The van der Waals surface area contributed by atoms with Gasteiger partial charge in [0.1, 0.15) is 0 Å². The first kappa shape index (κ1) is 38.8. The van der Waals surface area contributed by atoms with Gasteiger partial charge in [-0.15, -0.1) is 0 Å². The highest BCUT2D eigenvalue weighted by molar-refractivity contribution is 5.99. The van der Waals surface area contributed by atoms with Crippen LogP contribution in [-0.4, -0.2) is 67.8 Å². The van der Waals surface area contributed by atoms with E-state index in [2.05, 4.69) is 82.1 Å². The number of carbonyl (C=O) groups is 1. The Morgan fingerprint density at radius 2 is 1.63 bits per heavy atom. The number of anilines is 1. The first-order valence-corrected chi connectivity index (χ1v) is 20.9. The van der Waals surface area contributed by atoms with E-state index in [9.17, 15) is 9.59 Å². The van der Waals surface area contributed by atoms with E-state index < -0.39 is 0 Å². The van der Waals surface area contributed by atoms with Crippen molar-refractivity contribution in [2.24, 2.45) is 23.2 Å². The third-order valence-corrected chi connectivity index (χ3v) is 13.6. The number of hydrazine groups is 1. The molecular weight excluding hydrogens is 673 g/mol. The molecule has 0 spiro atoms. The summed E-state index contributed by atoms with van der Waals surface area (Å²) in [6.07, 6.45) is 10.8. The summed E-state index contributed by atoms with van der Waals surface area (Å²) in [7, 11) is 0. The number of ether oxygens (including phenoxy) is 1. The second-order valence-corrected chi connectivity index (χ2v) is 17.0. The number of carbonyl (C=O) groups excluding carboxylic acids is 1. The fourth-order valence-electron chi connectivity index (χ4n) is 10.9. The number of hydrogen-bond donors (Lipinski definition) is 4. The van der Waals surface area contributed by atoms with Crippen molar-refractivity contribution in [1.82, 2.24) is 26.1 Å². The second-order valence-electron chi connectivity index (χ2n) is 17.0. The van der Waals surface area contributed by atoms with Gasteiger partial charge in [-0.25, -0.2) is 0 Å². The molecule has 5 aliphatic rings. The summed E-state index contributed by atoms with van der Waals surface area (Å²) >= 11 is 0. The number of aromatic amines is 1. The highest BCUT2D eigenvalue weighted by atomic mass is 16.5. The van der Waals surface area contributed by atoms with Crippen LogP contribution in [0.15, 0.2) is 47.3 Å². The van der Waals surface area contributed by atoms with Crippen LogP contribution in [0.3, 0.4) is 0 Å². The van der Waals surface area contributed by atoms with E-state index in [4.69, 9.17) is 4.74 Å². The van der Waals surface area contributed by atoms with Crippen molar-refractivity contribution >= 4 is 11.6 Å². The maximum atomic E-state index is 13.9. The molecule has 2 atom stereocenters. The first-order valence-electron chi connectivity index (χ1n) is 20.9. The lowest BCUT2D eigenvalue weighted by Gasteiger charge is -2.37. The van der Waals surface area contributed by atoms with Crippen molar-refractivity contribution in [3.63, 3.8) is 0 Å². The summed E-state index contributed by atoms with van der Waals surface area (Å²) in [6, 6.07) is 15.4. The second kappa shape index (κ2) is 17.1. The monoisotopic (exact) mass is 737 g/mol. The number of aromatic nitrogens is 1. The van der Waals surface area contributed by atoms with Crippen molar-refractivity contribution < 1.29 is 9.53 Å². The van der Waals surface area contributed by atoms with E-state index in [1.165, 1.54) is 44.1 Å². The Kier molecular flexibility index (Phi) is 12.3. The summed E-state index contributed by atoms with van der Waals surface area (Å²) in [5.41, 5.74) is 15.9. The number of amides is 1. The third-order valence-electron chi connectivity index (χ3n) is 13.6. The van der Waals surface area contributed by atoms with Gasteiger partial charge < -0.3 is 19.9 Å². The minimum atomic E-state index is -0.172. The third kappa shape index (κ3) is 8.49. The predicted octanol–water partition coefficient (Wildman–Crippen LogP) is 7.03. The quantitative estimate of drug-likeness (QED) is 0.0872. The molecule has 4 saturated carbocycles. The zero-order valence-corrected chi connectivity index (χ0v) is 33.5. The molecule has 4 N–H and O–H groups in total. The normalized spacial score (nSPS) is 23.4. The smallest absolute Gasteiger partial charge is 0.253 e. The number of benzene rings is 2. The molecule has 8 rings (SSSR count). The predicted molar refractivity (Wildman–Crippen MR) is 219 cm³/mol. The summed E-state index contributed by atoms with van der Waals surface area (Å²) in [6.45, 7) is 17.6. The minimum Gasteiger partial charge on any atom is -0.381 e. The number of nitrogens with one attached hydrogen (secondary N) is 4. The van der Waals surface area contributed by atoms with Crippen molar-refractivity contribution in [3.05, 3.63) is 86.3 Å². The Balaban J connectivity index is 1.00. The zero-order chi connectivity index (χ0) is 37.8. The highest BCUT2D eigenvalue weighted by Crippen LogP contribution is 2.66. The molecule has 9 heteroatoms. The van der Waals surface area contributed by atoms with Gasteiger partial charge in [-0.3, -0.25) is 25.3 Å². The van der Waals surface area contributed by atoms with Crippen molar-refractivity contribution in [1.29, 1.82) is 0 Å². The van der Waals surface area contributed by atoms with Crippen LogP contribution >= 0.6 is 0 Å². The number of aryl methyl sites for hydroxylation is 2. The van der Waals surface area contributed by atoms with Gasteiger partial charge in [0.2, 0.25) is 0 Å². The van der Waals surface area contributed by atoms with Crippen LogP contribution in [0.4, 0.5) is 5.69 Å². The molecule has 4 aliphatic carbocycles. The fraction of sp³-hybridized carbons (Fsp3) is 0.600. The number of nitrogens with zero attached hydrogens (tertiary/aromatic N) is 2. The summed E-state index contributed by atoms with van der Waals surface area (Å²) in [4.78, 5) is 34.5. The van der Waals surface area contributed by atoms with Crippen LogP contribution in [-0.2, 0) is 17.8 Å². The number of hydrogen-bond acceptors (Lipinski definition) is 7. The standard InChI is InChI=1S/C45H64N6O3/c1-6-50(17-16-48-47-15-14-45-26-34-21-35(27-45)23-38(45)22-34)29-33-8-10-36(11-9-33)37-24-40(43(52)46-28-41-30(3)20-31(4)49-44(41)53)32(5)42(25-37)51(7-2)39-12-18-54-19-13-39/h8-11,20,24-25,34-35,38-39,47-48H,6-7,12-19,21-23,26-29H2,1-5H3,(H,46,52)(H,49,53). The molecule has 4 bridgehead atoms. The molecule has 1 amide bonds. The average molecular weight is 737 g/mol. The lowest BCUT2D eigenvalue weighted by atomic mass is 9.73. The molecule has 54 heavy (non-hydrogen) atoms. The van der Waals surface area contributed by atoms with E-state index in [0.29, 0.717) is 22.6 Å². The maximum absolute atomic E-state index is 13.9. The summed E-state index contributed by atoms with van der Waals surface area (Å²) in [5.74, 6) is 2.90. The van der Waals surface area contributed by atoms with Gasteiger partial charge in [0.25, 0.3) is 11.5 Å². The number of H-pyrrole nitrogens is 1. The molecule has 292 valence electrons. The Hall–Kier alpha value is -3.50. The van der Waals surface area contributed by atoms with Gasteiger partial charge in [-0.2, -0.15) is 0 Å². The maximum Gasteiger partial charge on any atom is 0.253 e. The Morgan fingerprint density at radius 1 is 0.907 bits per heavy atom.